The summed E-state index contributed by atoms with van der Waals surface area (Å²) in [5.74, 6) is -0.0602. The number of benzene rings is 2. The Morgan fingerprint density at radius 1 is 1.00 bits per heavy atom. The molecule has 0 fully saturated rings. The van der Waals surface area contributed by atoms with Gasteiger partial charge in [0.15, 0.2) is 0 Å². The van der Waals surface area contributed by atoms with Crippen LogP contribution < -0.4 is 10.0 Å². The molecule has 0 aliphatic heterocycles. The Bertz CT molecular complexity index is 837. The Balaban J connectivity index is 2.12. The molecule has 0 bridgehead atoms. The summed E-state index contributed by atoms with van der Waals surface area (Å²) in [6.45, 7) is 4.74. The molecule has 5 nitrogen and oxygen atoms in total. The molecule has 7 heteroatoms. The zero-order valence-corrected chi connectivity index (χ0v) is 17.1. The molecule has 146 valence electrons. The fourth-order valence-corrected chi connectivity index (χ4v) is 3.78. The van der Waals surface area contributed by atoms with Crippen molar-refractivity contribution in [2.24, 2.45) is 5.92 Å². The number of halogens is 1. The van der Waals surface area contributed by atoms with Crippen LogP contribution in [0.1, 0.15) is 31.7 Å². The minimum Gasteiger partial charge on any atom is -0.356 e. The van der Waals surface area contributed by atoms with E-state index < -0.39 is 10.0 Å². The van der Waals surface area contributed by atoms with Crippen molar-refractivity contribution in [2.45, 2.75) is 31.1 Å². The predicted molar refractivity (Wildman–Crippen MR) is 108 cm³/mol. The lowest BCUT2D eigenvalue weighted by atomic mass is 9.95. The third-order valence-corrected chi connectivity index (χ3v) is 5.75. The largest absolute Gasteiger partial charge is 0.356 e. The second-order valence-electron chi connectivity index (χ2n) is 6.82. The van der Waals surface area contributed by atoms with Crippen LogP contribution >= 0.6 is 11.6 Å². The molecule has 27 heavy (non-hydrogen) atoms. The van der Waals surface area contributed by atoms with Crippen molar-refractivity contribution in [3.05, 3.63) is 65.2 Å². The van der Waals surface area contributed by atoms with Gasteiger partial charge in [-0.1, -0.05) is 55.8 Å². The van der Waals surface area contributed by atoms with Crippen LogP contribution in [-0.2, 0) is 14.8 Å². The van der Waals surface area contributed by atoms with Gasteiger partial charge in [0, 0.05) is 30.5 Å². The van der Waals surface area contributed by atoms with E-state index in [2.05, 4.69) is 10.0 Å². The Kier molecular flexibility index (Phi) is 7.83. The zero-order valence-electron chi connectivity index (χ0n) is 15.5. The Morgan fingerprint density at radius 2 is 1.63 bits per heavy atom. The van der Waals surface area contributed by atoms with Crippen molar-refractivity contribution in [1.29, 1.82) is 0 Å². The van der Waals surface area contributed by atoms with Crippen LogP contribution in [0.15, 0.2) is 59.5 Å². The smallest absolute Gasteiger partial charge is 0.240 e. The number of carbonyl (C=O) groups excluding carboxylic acids is 1. The number of sulfonamides is 1. The van der Waals surface area contributed by atoms with Gasteiger partial charge in [-0.3, -0.25) is 4.79 Å². The van der Waals surface area contributed by atoms with Gasteiger partial charge in [-0.15, -0.1) is 0 Å². The number of hydrogen-bond acceptors (Lipinski definition) is 3. The van der Waals surface area contributed by atoms with Gasteiger partial charge in [0.2, 0.25) is 15.9 Å². The molecule has 0 aliphatic rings. The van der Waals surface area contributed by atoms with E-state index in [9.17, 15) is 13.2 Å². The highest BCUT2D eigenvalue weighted by molar-refractivity contribution is 7.89. The Labute approximate surface area is 166 Å². The van der Waals surface area contributed by atoms with Crippen molar-refractivity contribution in [3.8, 4) is 0 Å². The van der Waals surface area contributed by atoms with E-state index in [0.717, 1.165) is 5.56 Å². The molecule has 2 aromatic rings. The van der Waals surface area contributed by atoms with Gasteiger partial charge < -0.3 is 5.32 Å². The number of carbonyl (C=O) groups is 1. The van der Waals surface area contributed by atoms with E-state index in [4.69, 9.17) is 11.6 Å². The molecule has 1 unspecified atom stereocenters. The summed E-state index contributed by atoms with van der Waals surface area (Å²) in [5.41, 5.74) is 0.856. The fourth-order valence-electron chi connectivity index (χ4n) is 2.55. The molecule has 0 saturated heterocycles. The van der Waals surface area contributed by atoms with E-state index >= 15 is 0 Å². The summed E-state index contributed by atoms with van der Waals surface area (Å²) in [6, 6.07) is 15.3. The molecule has 1 amide bonds. The predicted octanol–water partition coefficient (Wildman–Crippen LogP) is 3.56. The number of amides is 1. The highest BCUT2D eigenvalue weighted by atomic mass is 35.5. The van der Waals surface area contributed by atoms with Crippen LogP contribution in [0.25, 0.3) is 0 Å². The number of nitrogens with one attached hydrogen (secondary N) is 2. The van der Waals surface area contributed by atoms with E-state index in [1.54, 1.807) is 30.3 Å². The molecule has 0 aliphatic carbocycles. The quantitative estimate of drug-likeness (QED) is 0.666. The molecule has 0 aromatic heterocycles. The van der Waals surface area contributed by atoms with Crippen LogP contribution in [0, 0.1) is 5.92 Å². The van der Waals surface area contributed by atoms with Crippen molar-refractivity contribution in [2.75, 3.05) is 13.1 Å². The summed E-state index contributed by atoms with van der Waals surface area (Å²) in [7, 11) is -3.64. The number of rotatable bonds is 9. The molecule has 0 saturated carbocycles. The van der Waals surface area contributed by atoms with Gasteiger partial charge in [-0.25, -0.2) is 13.1 Å². The molecule has 0 radical (unpaired) electrons. The van der Waals surface area contributed by atoms with E-state index in [1.807, 2.05) is 26.0 Å². The van der Waals surface area contributed by atoms with Crippen LogP contribution in [0.5, 0.6) is 0 Å². The molecule has 2 aromatic carbocycles. The lowest BCUT2D eigenvalue weighted by Gasteiger charge is -2.19. The van der Waals surface area contributed by atoms with Crippen molar-refractivity contribution >= 4 is 27.5 Å². The molecule has 0 heterocycles. The monoisotopic (exact) mass is 408 g/mol. The third kappa shape index (κ3) is 6.97. The van der Waals surface area contributed by atoms with Crippen LogP contribution in [-0.4, -0.2) is 27.4 Å². The summed E-state index contributed by atoms with van der Waals surface area (Å²) >= 11 is 5.95. The SMILES string of the molecule is CC(C)CNC(=O)CC(CNS(=O)(=O)c1ccccc1)c1ccc(Cl)cc1. The average molecular weight is 409 g/mol. The van der Waals surface area contributed by atoms with Crippen molar-refractivity contribution in [1.82, 2.24) is 10.0 Å². The maximum Gasteiger partial charge on any atom is 0.240 e. The first kappa shape index (κ1) is 21.4. The molecule has 1 atom stereocenters. The molecule has 2 N–H and O–H groups in total. The first-order valence-electron chi connectivity index (χ1n) is 8.85. The standard InChI is InChI=1S/C20H25ClN2O3S/c1-15(2)13-22-20(24)12-17(16-8-10-18(21)11-9-16)14-23-27(25,26)19-6-4-3-5-7-19/h3-11,15,17,23H,12-14H2,1-2H3,(H,22,24). The normalized spacial score (nSPS) is 12.7. The zero-order chi connectivity index (χ0) is 19.9. The summed E-state index contributed by atoms with van der Waals surface area (Å²) in [6.07, 6.45) is 0.186. The van der Waals surface area contributed by atoms with Crippen molar-refractivity contribution < 1.29 is 13.2 Å². The number of hydrogen-bond donors (Lipinski definition) is 2. The van der Waals surface area contributed by atoms with E-state index in [-0.39, 0.29) is 29.7 Å². The van der Waals surface area contributed by atoms with Crippen LogP contribution in [0.2, 0.25) is 5.02 Å². The maximum absolute atomic E-state index is 12.5. The summed E-state index contributed by atoms with van der Waals surface area (Å²) in [5, 5.41) is 3.47. The first-order valence-corrected chi connectivity index (χ1v) is 10.7. The minimum absolute atomic E-state index is 0.109. The average Bonchev–Trinajstić information content (AvgIpc) is 2.65. The van der Waals surface area contributed by atoms with Gasteiger partial charge in [0.1, 0.15) is 0 Å². The Morgan fingerprint density at radius 3 is 2.22 bits per heavy atom. The van der Waals surface area contributed by atoms with Gasteiger partial charge in [-0.2, -0.15) is 0 Å². The highest BCUT2D eigenvalue weighted by Crippen LogP contribution is 2.22. The summed E-state index contributed by atoms with van der Waals surface area (Å²) in [4.78, 5) is 12.5. The van der Waals surface area contributed by atoms with Crippen LogP contribution in [0.4, 0.5) is 0 Å². The molecular formula is C20H25ClN2O3S. The molecule has 2 rings (SSSR count). The van der Waals surface area contributed by atoms with Crippen molar-refractivity contribution in [3.63, 3.8) is 0 Å². The van der Waals surface area contributed by atoms with Gasteiger partial charge >= 0.3 is 0 Å². The topological polar surface area (TPSA) is 75.3 Å². The van der Waals surface area contributed by atoms with Gasteiger partial charge in [-0.05, 0) is 35.7 Å². The van der Waals surface area contributed by atoms with E-state index in [0.29, 0.717) is 17.5 Å². The second-order valence-corrected chi connectivity index (χ2v) is 9.02. The highest BCUT2D eigenvalue weighted by Gasteiger charge is 2.20. The summed E-state index contributed by atoms with van der Waals surface area (Å²) < 4.78 is 27.6. The Hall–Kier alpha value is -1.89. The van der Waals surface area contributed by atoms with E-state index in [1.165, 1.54) is 12.1 Å². The lowest BCUT2D eigenvalue weighted by molar-refractivity contribution is -0.121. The van der Waals surface area contributed by atoms with Gasteiger partial charge in [0.05, 0.1) is 4.90 Å². The minimum atomic E-state index is -3.64. The fraction of sp³-hybridized carbons (Fsp3) is 0.350. The van der Waals surface area contributed by atoms with Crippen LogP contribution in [0.3, 0.4) is 0 Å². The lowest BCUT2D eigenvalue weighted by Crippen LogP contribution is -2.33. The maximum atomic E-state index is 12.5. The second kappa shape index (κ2) is 9.88. The third-order valence-electron chi connectivity index (χ3n) is 4.05. The van der Waals surface area contributed by atoms with Gasteiger partial charge in [0.25, 0.3) is 0 Å². The molecular weight excluding hydrogens is 384 g/mol. The molecule has 0 spiro atoms. The first-order chi connectivity index (χ1) is 12.8.